The maximum absolute atomic E-state index is 13.4. The van der Waals surface area contributed by atoms with E-state index >= 15 is 0 Å². The number of hydrogen-bond donors (Lipinski definition) is 1. The van der Waals surface area contributed by atoms with Gasteiger partial charge in [0, 0.05) is 44.5 Å². The molecule has 6 heteroatoms. The fourth-order valence-electron chi connectivity index (χ4n) is 7.98. The maximum Gasteiger partial charge on any atom is 0.303 e. The molecule has 4 aliphatic rings. The number of ketones is 2. The molecule has 5 rings (SSSR count). The van der Waals surface area contributed by atoms with Gasteiger partial charge in [0.15, 0.2) is 11.4 Å². The molecule has 0 amide bonds. The lowest BCUT2D eigenvalue weighted by molar-refractivity contribution is -0.184. The molecule has 6 nitrogen and oxygen atoms in total. The highest BCUT2D eigenvalue weighted by Gasteiger charge is 2.66. The summed E-state index contributed by atoms with van der Waals surface area (Å²) in [4.78, 5) is 38.4. The van der Waals surface area contributed by atoms with Crippen molar-refractivity contribution in [2.75, 3.05) is 26.1 Å². The first-order valence-corrected chi connectivity index (χ1v) is 13.2. The maximum atomic E-state index is 13.4. The largest absolute Gasteiger partial charge is 0.451 e. The Morgan fingerprint density at radius 2 is 1.86 bits per heavy atom. The summed E-state index contributed by atoms with van der Waals surface area (Å²) < 4.78 is 11.2. The third kappa shape index (κ3) is 3.76. The summed E-state index contributed by atoms with van der Waals surface area (Å²) in [5.74, 6) is 0.325. The highest BCUT2D eigenvalue weighted by Crippen LogP contribution is 2.65. The zero-order chi connectivity index (χ0) is 25.7. The van der Waals surface area contributed by atoms with E-state index in [1.165, 1.54) is 36.3 Å². The Kier molecular flexibility index (Phi) is 6.44. The van der Waals surface area contributed by atoms with Gasteiger partial charge in [-0.15, -0.1) is 0 Å². The van der Waals surface area contributed by atoms with E-state index < -0.39 is 17.0 Å². The molecule has 1 N–H and O–H groups in total. The van der Waals surface area contributed by atoms with E-state index in [2.05, 4.69) is 36.5 Å². The molecule has 1 aromatic carbocycles. The number of allylic oxidation sites excluding steroid dienone is 4. The first kappa shape index (κ1) is 24.9. The number of esters is 1. The van der Waals surface area contributed by atoms with Crippen LogP contribution in [0.3, 0.4) is 0 Å². The number of ether oxygens (including phenoxy) is 2. The molecule has 0 bridgehead atoms. The van der Waals surface area contributed by atoms with Gasteiger partial charge in [-0.1, -0.05) is 24.6 Å². The Morgan fingerprint density at radius 3 is 2.53 bits per heavy atom. The van der Waals surface area contributed by atoms with Crippen LogP contribution in [0.15, 0.2) is 47.1 Å². The predicted molar refractivity (Wildman–Crippen MR) is 138 cm³/mol. The molecule has 4 aliphatic carbocycles. The Balaban J connectivity index is 1.56. The molecule has 5 atom stereocenters. The first-order chi connectivity index (χ1) is 17.2. The number of fused-ring (bicyclic) bond motifs is 4. The van der Waals surface area contributed by atoms with E-state index in [-0.39, 0.29) is 30.0 Å². The average Bonchev–Trinajstić information content (AvgIpc) is 3.16. The molecule has 1 aromatic rings. The fourth-order valence-corrected chi connectivity index (χ4v) is 7.98. The third-order valence-electron chi connectivity index (χ3n) is 9.55. The van der Waals surface area contributed by atoms with E-state index in [1.54, 1.807) is 0 Å². The van der Waals surface area contributed by atoms with Crippen molar-refractivity contribution in [3.05, 3.63) is 52.6 Å². The third-order valence-corrected chi connectivity index (χ3v) is 9.55. The lowest BCUT2D eigenvalue weighted by atomic mass is 9.53. The van der Waals surface area contributed by atoms with Crippen LogP contribution in [0.2, 0.25) is 0 Å². The highest BCUT2D eigenvalue weighted by molar-refractivity contribution is 5.94. The second-order valence-electron chi connectivity index (χ2n) is 11.2. The number of methoxy groups -OCH3 is 1. The minimum absolute atomic E-state index is 0.0477. The van der Waals surface area contributed by atoms with Gasteiger partial charge in [0.05, 0.1) is 0 Å². The lowest BCUT2D eigenvalue weighted by Crippen LogP contribution is -2.57. The second kappa shape index (κ2) is 9.29. The quantitative estimate of drug-likeness (QED) is 0.555. The van der Waals surface area contributed by atoms with E-state index in [0.29, 0.717) is 18.8 Å². The first-order valence-electron chi connectivity index (χ1n) is 13.2. The Morgan fingerprint density at radius 1 is 1.11 bits per heavy atom. The Bertz CT molecular complexity index is 1150. The van der Waals surface area contributed by atoms with Gasteiger partial charge in [0.2, 0.25) is 5.78 Å². The summed E-state index contributed by atoms with van der Waals surface area (Å²) in [6.45, 7) is 3.51. The van der Waals surface area contributed by atoms with Crippen LogP contribution in [-0.4, -0.2) is 43.9 Å². The van der Waals surface area contributed by atoms with Crippen molar-refractivity contribution >= 4 is 23.2 Å². The topological polar surface area (TPSA) is 81.7 Å². The van der Waals surface area contributed by atoms with E-state index in [1.807, 2.05) is 13.1 Å². The van der Waals surface area contributed by atoms with Gasteiger partial charge >= 0.3 is 5.97 Å². The standard InChI is InChI=1S/C30H37NO5/c1-18(32)36-30(27(34)17-35-4)14-12-26-23-10-7-20-15-22(33)16-25(19-5-8-21(31-3)9-6-19)28(20)24(23)11-13-29(26,30)2/h5-6,8-9,15,23,25-26,31H,7,10-14,16-17H2,1-4H3/t23-,25+,26+,29+,30+/m1/s1. The van der Waals surface area contributed by atoms with Gasteiger partial charge < -0.3 is 14.8 Å². The number of carbonyl (C=O) groups is 3. The summed E-state index contributed by atoms with van der Waals surface area (Å²) in [5, 5.41) is 3.17. The van der Waals surface area contributed by atoms with Crippen LogP contribution in [0, 0.1) is 17.3 Å². The molecular weight excluding hydrogens is 454 g/mol. The second-order valence-corrected chi connectivity index (χ2v) is 11.2. The van der Waals surface area contributed by atoms with Gasteiger partial charge in [0.1, 0.15) is 6.61 Å². The SMILES string of the molecule is CNc1ccc([C@@H]2CC(=O)C=C3CC[C@@H]4C(=C32)CC[C@@]2(C)[C@H]4CC[C@]2(OC(C)=O)C(=O)COC)cc1. The molecule has 36 heavy (non-hydrogen) atoms. The smallest absolute Gasteiger partial charge is 0.303 e. The van der Waals surface area contributed by atoms with Gasteiger partial charge in [-0.25, -0.2) is 0 Å². The number of hydrogen-bond acceptors (Lipinski definition) is 6. The molecule has 0 spiro atoms. The van der Waals surface area contributed by atoms with Gasteiger partial charge in [-0.3, -0.25) is 14.4 Å². The van der Waals surface area contributed by atoms with Crippen molar-refractivity contribution < 1.29 is 23.9 Å². The summed E-state index contributed by atoms with van der Waals surface area (Å²) in [6, 6.07) is 8.43. The molecule has 2 fully saturated rings. The van der Waals surface area contributed by atoms with Crippen LogP contribution in [-0.2, 0) is 23.9 Å². The number of anilines is 1. The predicted octanol–water partition coefficient (Wildman–Crippen LogP) is 5.15. The summed E-state index contributed by atoms with van der Waals surface area (Å²) in [7, 11) is 3.42. The zero-order valence-electron chi connectivity index (χ0n) is 21.8. The molecule has 192 valence electrons. The number of nitrogens with one attached hydrogen (secondary N) is 1. The zero-order valence-corrected chi connectivity index (χ0v) is 21.8. The molecule has 0 aliphatic heterocycles. The van der Waals surface area contributed by atoms with Gasteiger partial charge in [0.25, 0.3) is 0 Å². The van der Waals surface area contributed by atoms with Crippen LogP contribution in [0.1, 0.15) is 70.3 Å². The van der Waals surface area contributed by atoms with Crippen LogP contribution < -0.4 is 5.32 Å². The molecule has 0 radical (unpaired) electrons. The summed E-state index contributed by atoms with van der Waals surface area (Å²) in [5.41, 5.74) is 4.69. The van der Waals surface area contributed by atoms with Crippen molar-refractivity contribution in [2.24, 2.45) is 17.3 Å². The van der Waals surface area contributed by atoms with Crippen molar-refractivity contribution in [3.8, 4) is 0 Å². The number of carbonyl (C=O) groups excluding carboxylic acids is 3. The minimum atomic E-state index is -1.13. The normalized spacial score (nSPS) is 33.3. The van der Waals surface area contributed by atoms with Gasteiger partial charge in [-0.2, -0.15) is 0 Å². The molecule has 0 heterocycles. The van der Waals surface area contributed by atoms with E-state index in [0.717, 1.165) is 37.8 Å². The van der Waals surface area contributed by atoms with E-state index in [4.69, 9.17) is 9.47 Å². The van der Waals surface area contributed by atoms with Crippen molar-refractivity contribution in [1.82, 2.24) is 0 Å². The van der Waals surface area contributed by atoms with E-state index in [9.17, 15) is 14.4 Å². The van der Waals surface area contributed by atoms with Crippen molar-refractivity contribution in [3.63, 3.8) is 0 Å². The minimum Gasteiger partial charge on any atom is -0.451 e. The Labute approximate surface area is 213 Å². The van der Waals surface area contributed by atoms with Crippen molar-refractivity contribution in [2.45, 2.75) is 70.3 Å². The number of benzene rings is 1. The summed E-state index contributed by atoms with van der Waals surface area (Å²) in [6.07, 6.45) is 7.25. The molecular formula is C30H37NO5. The van der Waals surface area contributed by atoms with Gasteiger partial charge in [-0.05, 0) is 85.3 Å². The molecule has 0 unspecified atom stereocenters. The summed E-state index contributed by atoms with van der Waals surface area (Å²) >= 11 is 0. The average molecular weight is 492 g/mol. The molecule has 0 aromatic heterocycles. The molecule has 2 saturated carbocycles. The lowest BCUT2D eigenvalue weighted by Gasteiger charge is -2.52. The monoisotopic (exact) mass is 491 g/mol. The van der Waals surface area contributed by atoms with Crippen LogP contribution in [0.4, 0.5) is 5.69 Å². The number of Topliss-reactive ketones (excluding diaryl/α,β-unsaturated/α-hetero) is 1. The molecule has 0 saturated heterocycles. The van der Waals surface area contributed by atoms with Crippen LogP contribution >= 0.6 is 0 Å². The highest BCUT2D eigenvalue weighted by atomic mass is 16.6. The van der Waals surface area contributed by atoms with Crippen LogP contribution in [0.25, 0.3) is 0 Å². The Hall–Kier alpha value is -2.73. The van der Waals surface area contributed by atoms with Crippen LogP contribution in [0.5, 0.6) is 0 Å². The fraction of sp³-hybridized carbons (Fsp3) is 0.567. The van der Waals surface area contributed by atoms with Crippen molar-refractivity contribution in [1.29, 1.82) is 0 Å². The number of rotatable bonds is 6.